The second-order valence-electron chi connectivity index (χ2n) is 8.52. The van der Waals surface area contributed by atoms with Crippen LogP contribution in [0.3, 0.4) is 0 Å². The van der Waals surface area contributed by atoms with Crippen LogP contribution in [0.1, 0.15) is 61.3 Å². The maximum atomic E-state index is 12.4. The number of esters is 2. The number of epoxide rings is 1. The Balaban J connectivity index is 2.44. The van der Waals surface area contributed by atoms with Gasteiger partial charge in [0, 0.05) is 18.4 Å². The molecule has 0 amide bonds. The summed E-state index contributed by atoms with van der Waals surface area (Å²) in [5, 5.41) is 11.3. The molecule has 2 aliphatic rings. The summed E-state index contributed by atoms with van der Waals surface area (Å²) in [7, 11) is 0. The van der Waals surface area contributed by atoms with Crippen molar-refractivity contribution in [1.29, 1.82) is 0 Å². The highest BCUT2D eigenvalue weighted by Crippen LogP contribution is 2.48. The molecule has 0 aromatic heterocycles. The van der Waals surface area contributed by atoms with E-state index in [1.54, 1.807) is 19.9 Å². The van der Waals surface area contributed by atoms with Gasteiger partial charge in [0.2, 0.25) is 0 Å². The molecule has 6 atom stereocenters. The smallest absolute Gasteiger partial charge is 0.334 e. The minimum Gasteiger partial charge on any atom is -0.459 e. The second kappa shape index (κ2) is 8.78. The number of allylic oxidation sites excluding steroid dienone is 2. The number of carbonyl (C=O) groups is 2. The first-order valence-corrected chi connectivity index (χ1v) is 10.1. The van der Waals surface area contributed by atoms with Gasteiger partial charge in [0.1, 0.15) is 24.4 Å². The molecule has 2 rings (SSSR count). The Morgan fingerprint density at radius 3 is 2.50 bits per heavy atom. The lowest BCUT2D eigenvalue weighted by Gasteiger charge is -2.37. The third-order valence-corrected chi connectivity index (χ3v) is 5.94. The molecule has 1 fully saturated rings. The zero-order chi connectivity index (χ0) is 21.2. The summed E-state index contributed by atoms with van der Waals surface area (Å²) in [5.74, 6) is -1.34. The molecule has 0 aromatic rings. The molecule has 1 aliphatic carbocycles. The number of aliphatic hydroxyl groups excluding tert-OH is 1. The molecule has 1 N–H and O–H groups in total. The molecular formula is C22H34O6. The Kier molecular flexibility index (Phi) is 7.10. The van der Waals surface area contributed by atoms with Crippen LogP contribution < -0.4 is 0 Å². The van der Waals surface area contributed by atoms with Crippen LogP contribution in [0.5, 0.6) is 0 Å². The van der Waals surface area contributed by atoms with Gasteiger partial charge in [-0.05, 0) is 52.0 Å². The molecule has 0 saturated carbocycles. The number of fused-ring (bicyclic) bond motifs is 1. The fourth-order valence-electron chi connectivity index (χ4n) is 4.04. The average Bonchev–Trinajstić information content (AvgIpc) is 3.27. The molecule has 6 unspecified atom stereocenters. The molecule has 0 aromatic carbocycles. The van der Waals surface area contributed by atoms with Crippen LogP contribution in [0, 0.1) is 11.8 Å². The normalized spacial score (nSPS) is 36.2. The van der Waals surface area contributed by atoms with E-state index < -0.39 is 36.2 Å². The Hall–Kier alpha value is -1.66. The highest BCUT2D eigenvalue weighted by atomic mass is 16.6. The van der Waals surface area contributed by atoms with Crippen LogP contribution in [0.15, 0.2) is 23.3 Å². The van der Waals surface area contributed by atoms with Gasteiger partial charge < -0.3 is 19.3 Å². The molecule has 6 heteroatoms. The Morgan fingerprint density at radius 2 is 1.96 bits per heavy atom. The van der Waals surface area contributed by atoms with E-state index in [1.807, 2.05) is 33.8 Å². The molecule has 28 heavy (non-hydrogen) atoms. The van der Waals surface area contributed by atoms with Crippen LogP contribution in [-0.4, -0.2) is 47.1 Å². The fraction of sp³-hybridized carbons (Fsp3) is 0.727. The minimum atomic E-state index is -1.03. The van der Waals surface area contributed by atoms with Gasteiger partial charge in [-0.2, -0.15) is 0 Å². The third kappa shape index (κ3) is 4.84. The van der Waals surface area contributed by atoms with Gasteiger partial charge in [-0.25, -0.2) is 4.79 Å². The van der Waals surface area contributed by atoms with E-state index in [0.29, 0.717) is 5.57 Å². The number of hydrogen-bond acceptors (Lipinski definition) is 6. The number of aliphatic hydroxyl groups is 1. The predicted molar refractivity (Wildman–Crippen MR) is 105 cm³/mol. The fourth-order valence-corrected chi connectivity index (χ4v) is 4.04. The third-order valence-electron chi connectivity index (χ3n) is 5.94. The summed E-state index contributed by atoms with van der Waals surface area (Å²) in [6.45, 7) is 12.6. The topological polar surface area (TPSA) is 85.4 Å². The highest BCUT2D eigenvalue weighted by Gasteiger charge is 2.60. The molecule has 1 saturated heterocycles. The predicted octanol–water partition coefficient (Wildman–Crippen LogP) is 3.33. The first-order valence-electron chi connectivity index (χ1n) is 10.1. The van der Waals surface area contributed by atoms with Crippen molar-refractivity contribution in [3.8, 4) is 0 Å². The second-order valence-corrected chi connectivity index (χ2v) is 8.52. The monoisotopic (exact) mass is 394 g/mol. The summed E-state index contributed by atoms with van der Waals surface area (Å²) >= 11 is 0. The minimum absolute atomic E-state index is 0.0240. The first kappa shape index (κ1) is 22.6. The quantitative estimate of drug-likeness (QED) is 0.341. The van der Waals surface area contributed by atoms with E-state index in [0.717, 1.165) is 18.4 Å². The molecule has 0 spiro atoms. The zero-order valence-corrected chi connectivity index (χ0v) is 18.0. The van der Waals surface area contributed by atoms with Crippen molar-refractivity contribution in [3.63, 3.8) is 0 Å². The maximum Gasteiger partial charge on any atom is 0.334 e. The van der Waals surface area contributed by atoms with Crippen LogP contribution in [0.4, 0.5) is 0 Å². The van der Waals surface area contributed by atoms with Gasteiger partial charge in [0.25, 0.3) is 0 Å². The van der Waals surface area contributed by atoms with E-state index in [1.165, 1.54) is 6.92 Å². The summed E-state index contributed by atoms with van der Waals surface area (Å²) < 4.78 is 17.3. The molecule has 0 bridgehead atoms. The molecule has 1 aliphatic heterocycles. The van der Waals surface area contributed by atoms with Gasteiger partial charge in [0.15, 0.2) is 0 Å². The zero-order valence-electron chi connectivity index (χ0n) is 18.0. The van der Waals surface area contributed by atoms with E-state index in [9.17, 15) is 14.7 Å². The molecular weight excluding hydrogens is 360 g/mol. The van der Waals surface area contributed by atoms with Crippen LogP contribution in [-0.2, 0) is 23.8 Å². The number of carbonyl (C=O) groups excluding carboxylic acids is 2. The Bertz CT molecular complexity index is 664. The molecule has 0 radical (unpaired) electrons. The summed E-state index contributed by atoms with van der Waals surface area (Å²) in [6, 6.07) is 0. The van der Waals surface area contributed by atoms with Crippen LogP contribution in [0.2, 0.25) is 0 Å². The number of rotatable bonds is 4. The molecule has 1 heterocycles. The lowest BCUT2D eigenvalue weighted by Crippen LogP contribution is -2.49. The van der Waals surface area contributed by atoms with Crippen LogP contribution in [0.25, 0.3) is 0 Å². The van der Waals surface area contributed by atoms with Crippen LogP contribution >= 0.6 is 0 Å². The summed E-state index contributed by atoms with van der Waals surface area (Å²) in [5.41, 5.74) is 0.891. The first-order chi connectivity index (χ1) is 13.0. The Labute approximate surface area is 167 Å². The van der Waals surface area contributed by atoms with Gasteiger partial charge in [-0.3, -0.25) is 4.79 Å². The maximum absolute atomic E-state index is 12.4. The SMILES string of the molecule is CC=C(C)C(=O)OC1C(C)=CCCC2(C)OC2C(OC(C)=O)C(C(C)C)C1O. The van der Waals surface area contributed by atoms with E-state index in [4.69, 9.17) is 14.2 Å². The van der Waals surface area contributed by atoms with Gasteiger partial charge in [-0.1, -0.05) is 26.0 Å². The van der Waals surface area contributed by atoms with Crippen molar-refractivity contribution >= 4 is 11.9 Å². The van der Waals surface area contributed by atoms with Crippen molar-refractivity contribution in [1.82, 2.24) is 0 Å². The largest absolute Gasteiger partial charge is 0.459 e. The van der Waals surface area contributed by atoms with Crippen molar-refractivity contribution in [2.75, 3.05) is 0 Å². The van der Waals surface area contributed by atoms with Gasteiger partial charge in [0.05, 0.1) is 5.60 Å². The molecule has 158 valence electrons. The van der Waals surface area contributed by atoms with E-state index in [-0.39, 0.29) is 17.6 Å². The lowest BCUT2D eigenvalue weighted by atomic mass is 9.77. The van der Waals surface area contributed by atoms with E-state index >= 15 is 0 Å². The van der Waals surface area contributed by atoms with Gasteiger partial charge in [-0.15, -0.1) is 0 Å². The number of hydrogen-bond donors (Lipinski definition) is 1. The average molecular weight is 395 g/mol. The van der Waals surface area contributed by atoms with Gasteiger partial charge >= 0.3 is 11.9 Å². The van der Waals surface area contributed by atoms with Crippen molar-refractivity contribution in [2.45, 2.75) is 91.3 Å². The van der Waals surface area contributed by atoms with E-state index in [2.05, 4.69) is 0 Å². The summed E-state index contributed by atoms with van der Waals surface area (Å²) in [4.78, 5) is 24.2. The highest BCUT2D eigenvalue weighted by molar-refractivity contribution is 5.87. The number of ether oxygens (including phenoxy) is 3. The lowest BCUT2D eigenvalue weighted by molar-refractivity contribution is -0.164. The Morgan fingerprint density at radius 1 is 1.32 bits per heavy atom. The molecule has 6 nitrogen and oxygen atoms in total. The van der Waals surface area contributed by atoms with Crippen molar-refractivity contribution < 1.29 is 28.9 Å². The van der Waals surface area contributed by atoms with Crippen molar-refractivity contribution in [3.05, 3.63) is 23.3 Å². The van der Waals surface area contributed by atoms with Crippen molar-refractivity contribution in [2.24, 2.45) is 11.8 Å². The standard InChI is InChI=1S/C22H34O6/c1-8-13(4)21(25)27-18-14(5)10-9-11-22(7)20(28-22)19(26-15(6)23)16(12(2)3)17(18)24/h8,10,12,16-20,24H,9,11H2,1-7H3. The summed E-state index contributed by atoms with van der Waals surface area (Å²) in [6.07, 6.45) is 2.45.